The minimum atomic E-state index is -3.24. The highest BCUT2D eigenvalue weighted by Crippen LogP contribution is 2.28. The molecule has 0 bridgehead atoms. The molecule has 0 aliphatic heterocycles. The third-order valence-electron chi connectivity index (χ3n) is 4.74. The summed E-state index contributed by atoms with van der Waals surface area (Å²) in [6, 6.07) is 8.31. The molecule has 1 aromatic carbocycles. The van der Waals surface area contributed by atoms with Crippen LogP contribution < -0.4 is 4.74 Å². The van der Waals surface area contributed by atoms with Gasteiger partial charge in [0.15, 0.2) is 6.61 Å². The van der Waals surface area contributed by atoms with Gasteiger partial charge in [-0.3, -0.25) is 4.79 Å². The van der Waals surface area contributed by atoms with Crippen LogP contribution >= 0.6 is 0 Å². The third-order valence-corrected chi connectivity index (χ3v) is 4.74. The molecule has 0 fully saturated rings. The van der Waals surface area contributed by atoms with Crippen molar-refractivity contribution in [3.05, 3.63) is 54.6 Å². The van der Waals surface area contributed by atoms with Gasteiger partial charge in [0.1, 0.15) is 5.75 Å². The number of halogens is 2. The van der Waals surface area contributed by atoms with Gasteiger partial charge in [-0.05, 0) is 57.2 Å². The predicted molar refractivity (Wildman–Crippen MR) is 112 cm³/mol. The SMILES string of the molecule is CC(O)C(C=CC(F)(F)COc1ccccc1)C(CC=CCCCC(=O)O)C(C)O. The van der Waals surface area contributed by atoms with E-state index in [4.69, 9.17) is 9.84 Å². The van der Waals surface area contributed by atoms with Crippen LogP contribution in [0.15, 0.2) is 54.6 Å². The maximum atomic E-state index is 14.2. The van der Waals surface area contributed by atoms with Crippen LogP contribution in [0.5, 0.6) is 5.75 Å². The van der Waals surface area contributed by atoms with Crippen LogP contribution in [-0.2, 0) is 4.79 Å². The van der Waals surface area contributed by atoms with Crippen molar-refractivity contribution in [3.63, 3.8) is 0 Å². The zero-order chi connectivity index (χ0) is 22.6. The first-order chi connectivity index (χ1) is 14.1. The van der Waals surface area contributed by atoms with E-state index < -0.39 is 42.5 Å². The lowest BCUT2D eigenvalue weighted by Crippen LogP contribution is -2.32. The predicted octanol–water partition coefficient (Wildman–Crippen LogP) is 4.45. The van der Waals surface area contributed by atoms with Gasteiger partial charge in [-0.1, -0.05) is 36.4 Å². The van der Waals surface area contributed by atoms with E-state index in [0.29, 0.717) is 25.0 Å². The second-order valence-electron chi connectivity index (χ2n) is 7.44. The summed E-state index contributed by atoms with van der Waals surface area (Å²) in [6.45, 7) is 2.23. The molecule has 0 spiro atoms. The Labute approximate surface area is 176 Å². The quantitative estimate of drug-likeness (QED) is 0.302. The second kappa shape index (κ2) is 13.1. The number of aliphatic hydroxyl groups excluding tert-OH is 2. The summed E-state index contributed by atoms with van der Waals surface area (Å²) in [4.78, 5) is 10.5. The minimum absolute atomic E-state index is 0.0728. The van der Waals surface area contributed by atoms with E-state index in [9.17, 15) is 23.8 Å². The number of para-hydroxylation sites is 1. The molecular weight excluding hydrogens is 394 g/mol. The molecule has 0 heterocycles. The molecule has 0 saturated heterocycles. The molecule has 30 heavy (non-hydrogen) atoms. The number of allylic oxidation sites excluding steroid dienone is 2. The Hall–Kier alpha value is -2.25. The molecule has 3 N–H and O–H groups in total. The number of carboxylic acid groups (broad SMARTS) is 1. The summed E-state index contributed by atoms with van der Waals surface area (Å²) in [7, 11) is 0. The third kappa shape index (κ3) is 10.5. The van der Waals surface area contributed by atoms with Crippen LogP contribution in [0.2, 0.25) is 0 Å². The molecule has 7 heteroatoms. The Morgan fingerprint density at radius 2 is 1.80 bits per heavy atom. The molecule has 0 saturated carbocycles. The molecule has 0 amide bonds. The van der Waals surface area contributed by atoms with Crippen LogP contribution in [-0.4, -0.2) is 46.0 Å². The lowest BCUT2D eigenvalue weighted by Gasteiger charge is -2.29. The molecule has 1 rings (SSSR count). The summed E-state index contributed by atoms with van der Waals surface area (Å²) in [6.07, 6.45) is 5.32. The molecule has 0 aromatic heterocycles. The highest BCUT2D eigenvalue weighted by Gasteiger charge is 2.31. The highest BCUT2D eigenvalue weighted by atomic mass is 19.3. The van der Waals surface area contributed by atoms with Gasteiger partial charge in [-0.2, -0.15) is 8.78 Å². The van der Waals surface area contributed by atoms with Gasteiger partial charge >= 0.3 is 5.97 Å². The van der Waals surface area contributed by atoms with Crippen molar-refractivity contribution in [1.29, 1.82) is 0 Å². The molecule has 0 aliphatic carbocycles. The number of unbranched alkanes of at least 4 members (excludes halogenated alkanes) is 1. The zero-order valence-corrected chi connectivity index (χ0v) is 17.5. The van der Waals surface area contributed by atoms with Crippen LogP contribution in [0.25, 0.3) is 0 Å². The summed E-state index contributed by atoms with van der Waals surface area (Å²) in [5.74, 6) is -4.91. The molecule has 0 aliphatic rings. The van der Waals surface area contributed by atoms with Crippen LogP contribution in [0, 0.1) is 11.8 Å². The van der Waals surface area contributed by atoms with E-state index in [1.165, 1.54) is 13.0 Å². The number of hydrogen-bond donors (Lipinski definition) is 3. The molecule has 4 atom stereocenters. The van der Waals surface area contributed by atoms with Crippen molar-refractivity contribution < 1.29 is 33.6 Å². The van der Waals surface area contributed by atoms with E-state index in [1.54, 1.807) is 43.3 Å². The van der Waals surface area contributed by atoms with Gasteiger partial charge in [0.05, 0.1) is 12.2 Å². The Morgan fingerprint density at radius 1 is 1.13 bits per heavy atom. The zero-order valence-electron chi connectivity index (χ0n) is 17.5. The van der Waals surface area contributed by atoms with Gasteiger partial charge < -0.3 is 20.1 Å². The van der Waals surface area contributed by atoms with Crippen LogP contribution in [0.4, 0.5) is 8.78 Å². The number of aliphatic hydroxyl groups is 2. The number of rotatable bonds is 14. The number of carboxylic acids is 1. The number of aliphatic carboxylic acids is 1. The first-order valence-electron chi connectivity index (χ1n) is 10.1. The molecule has 5 nitrogen and oxygen atoms in total. The minimum Gasteiger partial charge on any atom is -0.487 e. The summed E-state index contributed by atoms with van der Waals surface area (Å²) >= 11 is 0. The Balaban J connectivity index is 2.72. The van der Waals surface area contributed by atoms with E-state index >= 15 is 0 Å². The summed E-state index contributed by atoms with van der Waals surface area (Å²) in [5, 5.41) is 28.9. The molecule has 4 unspecified atom stereocenters. The lowest BCUT2D eigenvalue weighted by molar-refractivity contribution is -0.137. The Bertz CT molecular complexity index is 671. The maximum Gasteiger partial charge on any atom is 0.303 e. The fourth-order valence-corrected chi connectivity index (χ4v) is 3.08. The number of ether oxygens (including phenoxy) is 1. The Kier molecular flexibility index (Phi) is 11.3. The number of benzene rings is 1. The fraction of sp³-hybridized carbons (Fsp3) is 0.522. The van der Waals surface area contributed by atoms with Crippen molar-refractivity contribution in [1.82, 2.24) is 0 Å². The monoisotopic (exact) mass is 426 g/mol. The van der Waals surface area contributed by atoms with Gasteiger partial charge in [0.25, 0.3) is 5.92 Å². The topological polar surface area (TPSA) is 87.0 Å². The van der Waals surface area contributed by atoms with Crippen molar-refractivity contribution in [2.75, 3.05) is 6.61 Å². The van der Waals surface area contributed by atoms with E-state index in [0.717, 1.165) is 6.08 Å². The van der Waals surface area contributed by atoms with Gasteiger partial charge in [0, 0.05) is 12.3 Å². The normalized spacial score (nSPS) is 16.5. The van der Waals surface area contributed by atoms with Crippen molar-refractivity contribution in [2.45, 2.75) is 57.7 Å². The van der Waals surface area contributed by atoms with Crippen molar-refractivity contribution in [3.8, 4) is 5.75 Å². The first-order valence-corrected chi connectivity index (χ1v) is 10.1. The molecule has 1 aromatic rings. The number of alkyl halides is 2. The van der Waals surface area contributed by atoms with Gasteiger partial charge in [0.2, 0.25) is 0 Å². The number of carbonyl (C=O) groups is 1. The van der Waals surface area contributed by atoms with E-state index in [1.807, 2.05) is 6.08 Å². The highest BCUT2D eigenvalue weighted by molar-refractivity contribution is 5.66. The molecular formula is C23H32F2O5. The second-order valence-corrected chi connectivity index (χ2v) is 7.44. The van der Waals surface area contributed by atoms with Crippen molar-refractivity contribution in [2.24, 2.45) is 11.8 Å². The molecule has 0 radical (unpaired) electrons. The van der Waals surface area contributed by atoms with E-state index in [2.05, 4.69) is 0 Å². The Morgan fingerprint density at radius 3 is 2.37 bits per heavy atom. The molecule has 168 valence electrons. The van der Waals surface area contributed by atoms with Crippen LogP contribution in [0.1, 0.15) is 39.5 Å². The van der Waals surface area contributed by atoms with Gasteiger partial charge in [-0.25, -0.2) is 0 Å². The average molecular weight is 427 g/mol. The standard InChI is InChI=1S/C23H32F2O5/c1-17(26)20(12-8-3-4-9-13-22(28)29)21(18(2)27)14-15-23(24,25)16-30-19-10-6-5-7-11-19/h3,5-8,10-11,14-15,17-18,20-21,26-27H,4,9,12-13,16H2,1-2H3,(H,28,29). The first kappa shape index (κ1) is 25.8. The smallest absolute Gasteiger partial charge is 0.303 e. The summed E-state index contributed by atoms with van der Waals surface area (Å²) in [5.41, 5.74) is 0. The largest absolute Gasteiger partial charge is 0.487 e. The number of hydrogen-bond acceptors (Lipinski definition) is 4. The van der Waals surface area contributed by atoms with E-state index in [-0.39, 0.29) is 6.42 Å². The lowest BCUT2D eigenvalue weighted by atomic mass is 9.81. The maximum absolute atomic E-state index is 14.2. The average Bonchev–Trinajstić information content (AvgIpc) is 2.67. The fourth-order valence-electron chi connectivity index (χ4n) is 3.08. The van der Waals surface area contributed by atoms with Crippen molar-refractivity contribution >= 4 is 5.97 Å². The van der Waals surface area contributed by atoms with Crippen LogP contribution in [0.3, 0.4) is 0 Å². The summed E-state index contributed by atoms with van der Waals surface area (Å²) < 4.78 is 33.6. The van der Waals surface area contributed by atoms with Gasteiger partial charge in [-0.15, -0.1) is 0 Å².